The SMILES string of the molecule is CC(S)c1cnc2ccccc2c1. The number of nitrogens with zero attached hydrogens (tertiary/aromatic N) is 1. The molecule has 1 nitrogen and oxygen atoms in total. The molecule has 0 aliphatic heterocycles. The van der Waals surface area contributed by atoms with E-state index in [1.165, 1.54) is 10.9 Å². The first-order valence-corrected chi connectivity index (χ1v) is 4.82. The second kappa shape index (κ2) is 3.38. The Hall–Kier alpha value is -1.02. The molecule has 13 heavy (non-hydrogen) atoms. The predicted octanol–water partition coefficient (Wildman–Crippen LogP) is 3.23. The van der Waals surface area contributed by atoms with E-state index in [0.717, 1.165) is 5.52 Å². The molecule has 0 amide bonds. The molecular weight excluding hydrogens is 178 g/mol. The van der Waals surface area contributed by atoms with Crippen LogP contribution in [-0.4, -0.2) is 4.98 Å². The first-order chi connectivity index (χ1) is 6.27. The van der Waals surface area contributed by atoms with Crippen molar-refractivity contribution in [3.05, 3.63) is 42.1 Å². The standard InChI is InChI=1S/C11H11NS/c1-8(13)10-6-9-4-2-3-5-11(9)12-7-10/h2-8,13H,1H3. The van der Waals surface area contributed by atoms with Gasteiger partial charge in [0.1, 0.15) is 0 Å². The normalized spacial score (nSPS) is 13.1. The minimum atomic E-state index is 0.247. The highest BCUT2D eigenvalue weighted by atomic mass is 32.1. The van der Waals surface area contributed by atoms with Gasteiger partial charge in [0.25, 0.3) is 0 Å². The summed E-state index contributed by atoms with van der Waals surface area (Å²) >= 11 is 4.37. The molecule has 0 aliphatic carbocycles. The summed E-state index contributed by atoms with van der Waals surface area (Å²) in [6.07, 6.45) is 1.89. The van der Waals surface area contributed by atoms with Crippen LogP contribution in [0, 0.1) is 0 Å². The molecule has 1 atom stereocenters. The lowest BCUT2D eigenvalue weighted by Gasteiger charge is -2.04. The Balaban J connectivity index is 2.62. The minimum absolute atomic E-state index is 0.247. The Morgan fingerprint density at radius 2 is 2.08 bits per heavy atom. The molecule has 2 rings (SSSR count). The zero-order chi connectivity index (χ0) is 9.26. The average molecular weight is 189 g/mol. The van der Waals surface area contributed by atoms with Crippen LogP contribution in [0.4, 0.5) is 0 Å². The van der Waals surface area contributed by atoms with Gasteiger partial charge in [-0.05, 0) is 24.6 Å². The van der Waals surface area contributed by atoms with Crippen LogP contribution < -0.4 is 0 Å². The molecule has 2 aromatic rings. The summed E-state index contributed by atoms with van der Waals surface area (Å²) in [7, 11) is 0. The van der Waals surface area contributed by atoms with Crippen LogP contribution >= 0.6 is 12.6 Å². The minimum Gasteiger partial charge on any atom is -0.256 e. The van der Waals surface area contributed by atoms with Crippen LogP contribution in [0.3, 0.4) is 0 Å². The lowest BCUT2D eigenvalue weighted by atomic mass is 10.1. The van der Waals surface area contributed by atoms with Gasteiger partial charge in [0.15, 0.2) is 0 Å². The summed E-state index contributed by atoms with van der Waals surface area (Å²) in [6, 6.07) is 10.3. The van der Waals surface area contributed by atoms with Crippen molar-refractivity contribution in [1.29, 1.82) is 0 Å². The molecular formula is C11H11NS. The topological polar surface area (TPSA) is 12.9 Å². The van der Waals surface area contributed by atoms with Crippen molar-refractivity contribution in [2.75, 3.05) is 0 Å². The van der Waals surface area contributed by atoms with E-state index >= 15 is 0 Å². The number of aromatic nitrogens is 1. The first kappa shape index (κ1) is 8.57. The lowest BCUT2D eigenvalue weighted by molar-refractivity contribution is 1.09. The van der Waals surface area contributed by atoms with Crippen LogP contribution in [0.15, 0.2) is 36.5 Å². The third-order valence-corrected chi connectivity index (χ3v) is 2.39. The highest BCUT2D eigenvalue weighted by Crippen LogP contribution is 2.21. The average Bonchev–Trinajstić information content (AvgIpc) is 2.17. The summed E-state index contributed by atoms with van der Waals surface area (Å²) in [5.74, 6) is 0. The van der Waals surface area contributed by atoms with E-state index in [4.69, 9.17) is 0 Å². The van der Waals surface area contributed by atoms with Crippen molar-refractivity contribution in [1.82, 2.24) is 4.98 Å². The molecule has 0 fully saturated rings. The number of pyridine rings is 1. The van der Waals surface area contributed by atoms with Crippen molar-refractivity contribution in [3.63, 3.8) is 0 Å². The molecule has 66 valence electrons. The summed E-state index contributed by atoms with van der Waals surface area (Å²) in [6.45, 7) is 2.05. The van der Waals surface area contributed by atoms with Gasteiger partial charge in [-0.25, -0.2) is 0 Å². The number of fused-ring (bicyclic) bond motifs is 1. The van der Waals surface area contributed by atoms with E-state index in [0.29, 0.717) is 0 Å². The zero-order valence-corrected chi connectivity index (χ0v) is 8.33. The summed E-state index contributed by atoms with van der Waals surface area (Å²) in [5.41, 5.74) is 2.21. The molecule has 1 aromatic carbocycles. The molecule has 1 heterocycles. The monoisotopic (exact) mass is 189 g/mol. The molecule has 1 aromatic heterocycles. The fourth-order valence-electron chi connectivity index (χ4n) is 1.32. The summed E-state index contributed by atoms with van der Waals surface area (Å²) in [5, 5.41) is 1.43. The molecule has 0 saturated carbocycles. The van der Waals surface area contributed by atoms with Crippen molar-refractivity contribution in [3.8, 4) is 0 Å². The number of hydrogen-bond acceptors (Lipinski definition) is 2. The Kier molecular flexibility index (Phi) is 2.23. The molecule has 2 heteroatoms. The number of hydrogen-bond donors (Lipinski definition) is 1. The van der Waals surface area contributed by atoms with Gasteiger partial charge in [0.2, 0.25) is 0 Å². The number of thiol groups is 1. The first-order valence-electron chi connectivity index (χ1n) is 4.30. The van der Waals surface area contributed by atoms with Gasteiger partial charge in [0.05, 0.1) is 5.52 Å². The van der Waals surface area contributed by atoms with Gasteiger partial charge in [-0.3, -0.25) is 4.98 Å². The van der Waals surface area contributed by atoms with Gasteiger partial charge in [-0.15, -0.1) is 0 Å². The molecule has 0 aliphatic rings. The maximum atomic E-state index is 4.37. The van der Waals surface area contributed by atoms with Gasteiger partial charge in [-0.1, -0.05) is 18.2 Å². The van der Waals surface area contributed by atoms with Crippen LogP contribution in [0.5, 0.6) is 0 Å². The van der Waals surface area contributed by atoms with Crippen molar-refractivity contribution in [2.45, 2.75) is 12.2 Å². The van der Waals surface area contributed by atoms with Gasteiger partial charge in [0, 0.05) is 16.8 Å². The Morgan fingerprint density at radius 3 is 2.85 bits per heavy atom. The van der Waals surface area contributed by atoms with E-state index in [2.05, 4.69) is 36.7 Å². The number of benzene rings is 1. The van der Waals surface area contributed by atoms with E-state index in [1.54, 1.807) is 0 Å². The van der Waals surface area contributed by atoms with Gasteiger partial charge >= 0.3 is 0 Å². The fraction of sp³-hybridized carbons (Fsp3) is 0.182. The van der Waals surface area contributed by atoms with E-state index in [9.17, 15) is 0 Å². The molecule has 0 N–H and O–H groups in total. The van der Waals surface area contributed by atoms with E-state index in [-0.39, 0.29) is 5.25 Å². The highest BCUT2D eigenvalue weighted by Gasteiger charge is 2.00. The summed E-state index contributed by atoms with van der Waals surface area (Å²) in [4.78, 5) is 4.35. The lowest BCUT2D eigenvalue weighted by Crippen LogP contribution is -1.86. The quantitative estimate of drug-likeness (QED) is 0.680. The highest BCUT2D eigenvalue weighted by molar-refractivity contribution is 7.80. The number of para-hydroxylation sites is 1. The van der Waals surface area contributed by atoms with Gasteiger partial charge < -0.3 is 0 Å². The second-order valence-corrected chi connectivity index (χ2v) is 3.91. The third kappa shape index (κ3) is 1.68. The van der Waals surface area contributed by atoms with Crippen LogP contribution in [-0.2, 0) is 0 Å². The third-order valence-electron chi connectivity index (χ3n) is 2.09. The maximum absolute atomic E-state index is 4.37. The second-order valence-electron chi connectivity index (χ2n) is 3.14. The van der Waals surface area contributed by atoms with Crippen molar-refractivity contribution >= 4 is 23.5 Å². The van der Waals surface area contributed by atoms with Crippen LogP contribution in [0.1, 0.15) is 17.7 Å². The maximum Gasteiger partial charge on any atom is 0.0702 e. The predicted molar refractivity (Wildman–Crippen MR) is 59.1 cm³/mol. The van der Waals surface area contributed by atoms with Gasteiger partial charge in [-0.2, -0.15) is 12.6 Å². The van der Waals surface area contributed by atoms with Crippen molar-refractivity contribution in [2.24, 2.45) is 0 Å². The van der Waals surface area contributed by atoms with Crippen LogP contribution in [0.2, 0.25) is 0 Å². The molecule has 1 unspecified atom stereocenters. The van der Waals surface area contributed by atoms with E-state index in [1.807, 2.05) is 24.4 Å². The molecule has 0 spiro atoms. The smallest absolute Gasteiger partial charge is 0.0702 e. The Labute approximate surface area is 83.2 Å². The molecule has 0 radical (unpaired) electrons. The van der Waals surface area contributed by atoms with Crippen LogP contribution in [0.25, 0.3) is 10.9 Å². The van der Waals surface area contributed by atoms with E-state index < -0.39 is 0 Å². The molecule has 0 saturated heterocycles. The molecule has 0 bridgehead atoms. The Morgan fingerprint density at radius 1 is 1.31 bits per heavy atom. The zero-order valence-electron chi connectivity index (χ0n) is 7.44. The number of rotatable bonds is 1. The fourth-order valence-corrected chi connectivity index (χ4v) is 1.46. The Bertz CT molecular complexity index is 423. The van der Waals surface area contributed by atoms with Crippen molar-refractivity contribution < 1.29 is 0 Å². The largest absolute Gasteiger partial charge is 0.256 e. The summed E-state index contributed by atoms with van der Waals surface area (Å²) < 4.78 is 0.